The first kappa shape index (κ1) is 19.7. The number of carbonyl (C=O) groups excluding carboxylic acids is 1. The Kier molecular flexibility index (Phi) is 5.78. The van der Waals surface area contributed by atoms with Gasteiger partial charge in [0.2, 0.25) is 15.9 Å². The van der Waals surface area contributed by atoms with Crippen molar-refractivity contribution >= 4 is 33.2 Å². The predicted molar refractivity (Wildman–Crippen MR) is 97.9 cm³/mol. The Morgan fingerprint density at radius 2 is 1.85 bits per heavy atom. The molecule has 2 aromatic carbocycles. The standard InChI is InChI=1S/C18H17ClF2N2O3S/c19-13-3-8-16(21)17(10-13)22-18(24)12-2-1-9-23(11-12)27(25,26)15-6-4-14(20)5-7-15/h3-8,10,12H,1-2,9,11H2,(H,22,24). The van der Waals surface area contributed by atoms with Gasteiger partial charge >= 0.3 is 0 Å². The number of piperidine rings is 1. The molecule has 1 aliphatic rings. The van der Waals surface area contributed by atoms with Gasteiger partial charge in [0.05, 0.1) is 16.5 Å². The maximum Gasteiger partial charge on any atom is 0.243 e. The number of nitrogens with zero attached hydrogens (tertiary/aromatic N) is 1. The van der Waals surface area contributed by atoms with Gasteiger partial charge in [-0.1, -0.05) is 11.6 Å². The summed E-state index contributed by atoms with van der Waals surface area (Å²) >= 11 is 5.82. The summed E-state index contributed by atoms with van der Waals surface area (Å²) in [5.41, 5.74) is -0.0500. The highest BCUT2D eigenvalue weighted by molar-refractivity contribution is 7.89. The summed E-state index contributed by atoms with van der Waals surface area (Å²) in [6, 6.07) is 8.33. The van der Waals surface area contributed by atoms with Crippen molar-refractivity contribution < 1.29 is 22.0 Å². The lowest BCUT2D eigenvalue weighted by molar-refractivity contribution is -0.120. The number of hydrogen-bond acceptors (Lipinski definition) is 3. The molecule has 0 radical (unpaired) electrons. The van der Waals surface area contributed by atoms with E-state index in [9.17, 15) is 22.0 Å². The van der Waals surface area contributed by atoms with Gasteiger partial charge in [-0.25, -0.2) is 17.2 Å². The van der Waals surface area contributed by atoms with Crippen molar-refractivity contribution in [2.75, 3.05) is 18.4 Å². The number of rotatable bonds is 4. The fourth-order valence-electron chi connectivity index (χ4n) is 2.96. The maximum absolute atomic E-state index is 13.8. The molecule has 1 heterocycles. The molecule has 0 aliphatic carbocycles. The van der Waals surface area contributed by atoms with Crippen LogP contribution < -0.4 is 5.32 Å². The number of halogens is 3. The smallest absolute Gasteiger partial charge is 0.243 e. The molecule has 1 N–H and O–H groups in total. The van der Waals surface area contributed by atoms with Crippen molar-refractivity contribution in [3.05, 3.63) is 59.1 Å². The quantitative estimate of drug-likeness (QED) is 0.830. The Balaban J connectivity index is 1.74. The van der Waals surface area contributed by atoms with Crippen LogP contribution in [0.5, 0.6) is 0 Å². The van der Waals surface area contributed by atoms with Crippen molar-refractivity contribution in [2.45, 2.75) is 17.7 Å². The molecule has 1 unspecified atom stereocenters. The van der Waals surface area contributed by atoms with Crippen LogP contribution in [0.2, 0.25) is 5.02 Å². The molecule has 2 aromatic rings. The van der Waals surface area contributed by atoms with E-state index in [0.717, 1.165) is 18.2 Å². The number of sulfonamides is 1. The average Bonchev–Trinajstić information content (AvgIpc) is 2.65. The van der Waals surface area contributed by atoms with Crippen molar-refractivity contribution in [3.8, 4) is 0 Å². The predicted octanol–water partition coefficient (Wildman–Crippen LogP) is 3.66. The molecule has 0 aromatic heterocycles. The van der Waals surface area contributed by atoms with E-state index in [2.05, 4.69) is 5.32 Å². The van der Waals surface area contributed by atoms with Gasteiger partial charge in [0, 0.05) is 18.1 Å². The third-order valence-electron chi connectivity index (χ3n) is 4.39. The Morgan fingerprint density at radius 1 is 1.15 bits per heavy atom. The first-order valence-corrected chi connectivity index (χ1v) is 10.1. The number of nitrogens with one attached hydrogen (secondary N) is 1. The van der Waals surface area contributed by atoms with Crippen molar-refractivity contribution in [1.82, 2.24) is 4.31 Å². The molecule has 1 atom stereocenters. The summed E-state index contributed by atoms with van der Waals surface area (Å²) in [5.74, 6) is -2.27. The monoisotopic (exact) mass is 414 g/mol. The summed E-state index contributed by atoms with van der Waals surface area (Å²) in [6.45, 7) is 0.225. The van der Waals surface area contributed by atoms with E-state index < -0.39 is 33.5 Å². The van der Waals surface area contributed by atoms with Gasteiger partial charge in [0.25, 0.3) is 0 Å². The van der Waals surface area contributed by atoms with E-state index in [1.54, 1.807) is 0 Å². The molecule has 9 heteroatoms. The van der Waals surface area contributed by atoms with Gasteiger partial charge < -0.3 is 5.32 Å². The van der Waals surface area contributed by atoms with Crippen molar-refractivity contribution in [3.63, 3.8) is 0 Å². The molecule has 1 fully saturated rings. The number of benzene rings is 2. The van der Waals surface area contributed by atoms with Gasteiger partial charge in [-0.15, -0.1) is 0 Å². The fraction of sp³-hybridized carbons (Fsp3) is 0.278. The maximum atomic E-state index is 13.8. The molecule has 0 bridgehead atoms. The minimum Gasteiger partial charge on any atom is -0.323 e. The third-order valence-corrected chi connectivity index (χ3v) is 6.51. The van der Waals surface area contributed by atoms with E-state index in [-0.39, 0.29) is 28.7 Å². The van der Waals surface area contributed by atoms with Crippen LogP contribution in [-0.4, -0.2) is 31.7 Å². The zero-order valence-corrected chi connectivity index (χ0v) is 15.7. The number of anilines is 1. The molecular weight excluding hydrogens is 398 g/mol. The number of carbonyl (C=O) groups is 1. The lowest BCUT2D eigenvalue weighted by Gasteiger charge is -2.31. The molecule has 3 rings (SSSR count). The highest BCUT2D eigenvalue weighted by Gasteiger charge is 2.33. The largest absolute Gasteiger partial charge is 0.323 e. The van der Waals surface area contributed by atoms with Crippen LogP contribution in [0.15, 0.2) is 47.4 Å². The molecule has 27 heavy (non-hydrogen) atoms. The second-order valence-electron chi connectivity index (χ2n) is 6.27. The SMILES string of the molecule is O=C(Nc1cc(Cl)ccc1F)C1CCCN(S(=O)(=O)c2ccc(F)cc2)C1. The summed E-state index contributed by atoms with van der Waals surface area (Å²) < 4.78 is 53.5. The Bertz CT molecular complexity index is 952. The topological polar surface area (TPSA) is 66.5 Å². The minimum atomic E-state index is -3.84. The number of hydrogen-bond donors (Lipinski definition) is 1. The summed E-state index contributed by atoms with van der Waals surface area (Å²) in [6.07, 6.45) is 0.958. The Hall–Kier alpha value is -2.03. The van der Waals surface area contributed by atoms with Gasteiger partial charge in [0.15, 0.2) is 0 Å². The van der Waals surface area contributed by atoms with E-state index in [0.29, 0.717) is 12.8 Å². The highest BCUT2D eigenvalue weighted by atomic mass is 35.5. The molecule has 1 aliphatic heterocycles. The summed E-state index contributed by atoms with van der Waals surface area (Å²) in [7, 11) is -3.84. The van der Waals surface area contributed by atoms with Crippen molar-refractivity contribution in [2.24, 2.45) is 5.92 Å². The Morgan fingerprint density at radius 3 is 2.56 bits per heavy atom. The van der Waals surface area contributed by atoms with E-state index in [1.165, 1.54) is 28.6 Å². The first-order chi connectivity index (χ1) is 12.8. The normalized spacial score (nSPS) is 18.3. The van der Waals surface area contributed by atoms with Gasteiger partial charge in [-0.05, 0) is 55.3 Å². The van der Waals surface area contributed by atoms with Crippen LogP contribution in [-0.2, 0) is 14.8 Å². The minimum absolute atomic E-state index is 0.0340. The third kappa shape index (κ3) is 4.45. The van der Waals surface area contributed by atoms with Crippen LogP contribution in [0.3, 0.4) is 0 Å². The molecular formula is C18H17ClF2N2O3S. The van der Waals surface area contributed by atoms with Crippen LogP contribution in [0, 0.1) is 17.6 Å². The average molecular weight is 415 g/mol. The summed E-state index contributed by atoms with van der Waals surface area (Å²) in [4.78, 5) is 12.5. The lowest BCUT2D eigenvalue weighted by Crippen LogP contribution is -2.43. The Labute approximate surface area is 161 Å². The van der Waals surface area contributed by atoms with Crippen LogP contribution >= 0.6 is 11.6 Å². The lowest BCUT2D eigenvalue weighted by atomic mass is 9.98. The van der Waals surface area contributed by atoms with Crippen LogP contribution in [0.1, 0.15) is 12.8 Å². The molecule has 0 spiro atoms. The first-order valence-electron chi connectivity index (χ1n) is 8.29. The second kappa shape index (κ2) is 7.92. The van der Waals surface area contributed by atoms with Gasteiger partial charge in [-0.3, -0.25) is 4.79 Å². The second-order valence-corrected chi connectivity index (χ2v) is 8.64. The van der Waals surface area contributed by atoms with Crippen LogP contribution in [0.4, 0.5) is 14.5 Å². The zero-order valence-electron chi connectivity index (χ0n) is 14.2. The fourth-order valence-corrected chi connectivity index (χ4v) is 4.65. The highest BCUT2D eigenvalue weighted by Crippen LogP contribution is 2.26. The molecule has 5 nitrogen and oxygen atoms in total. The summed E-state index contributed by atoms with van der Waals surface area (Å²) in [5, 5.41) is 2.74. The van der Waals surface area contributed by atoms with E-state index in [4.69, 9.17) is 11.6 Å². The molecule has 1 amide bonds. The van der Waals surface area contributed by atoms with Crippen LogP contribution in [0.25, 0.3) is 0 Å². The van der Waals surface area contributed by atoms with E-state index >= 15 is 0 Å². The zero-order chi connectivity index (χ0) is 19.6. The van der Waals surface area contributed by atoms with E-state index in [1.807, 2.05) is 0 Å². The van der Waals surface area contributed by atoms with Gasteiger partial charge in [0.1, 0.15) is 11.6 Å². The number of amides is 1. The molecule has 1 saturated heterocycles. The molecule has 0 saturated carbocycles. The van der Waals surface area contributed by atoms with Gasteiger partial charge in [-0.2, -0.15) is 4.31 Å². The van der Waals surface area contributed by atoms with Crippen molar-refractivity contribution in [1.29, 1.82) is 0 Å². The molecule has 144 valence electrons.